The summed E-state index contributed by atoms with van der Waals surface area (Å²) in [5.41, 5.74) is 1.57. The van der Waals surface area contributed by atoms with E-state index in [-0.39, 0.29) is 20.1 Å². The van der Waals surface area contributed by atoms with Crippen LogP contribution in [-0.4, -0.2) is 27.8 Å². The molecule has 0 saturated heterocycles. The van der Waals surface area contributed by atoms with Crippen LogP contribution in [0.5, 0.6) is 0 Å². The molecule has 0 aliphatic heterocycles. The SMILES string of the molecule is O=[C-]c1ccccc1[PH+](c1ccccc1)c1ccccc1.O[CH-]c1ccccc1[PH+](c1ccccc1)c1ccccc1.[Cl][Sn]([Cl])[Cl].[Ir]. The molecule has 0 aromatic heterocycles. The number of aliphatic hydroxyl groups excluding tert-OH is 1. The molecule has 240 valence electrons. The van der Waals surface area contributed by atoms with Gasteiger partial charge in [0.2, 0.25) is 0 Å². The van der Waals surface area contributed by atoms with Crippen LogP contribution in [0, 0.1) is 6.61 Å². The van der Waals surface area contributed by atoms with Gasteiger partial charge in [-0.1, -0.05) is 104 Å². The van der Waals surface area contributed by atoms with E-state index in [1.807, 2.05) is 60.7 Å². The monoisotopic (exact) mass is 1000 g/mol. The van der Waals surface area contributed by atoms with Crippen molar-refractivity contribution in [3.63, 3.8) is 0 Å². The number of hydrogen-bond donors (Lipinski definition) is 1. The maximum atomic E-state index is 11.3. The first-order chi connectivity index (χ1) is 22.5. The van der Waals surface area contributed by atoms with E-state index in [0.29, 0.717) is 5.56 Å². The Hall–Kier alpha value is -2.00. The molecule has 0 aliphatic carbocycles. The summed E-state index contributed by atoms with van der Waals surface area (Å²) in [6.07, 6.45) is 2.09. The molecule has 2 nitrogen and oxygen atoms in total. The molecule has 0 heterocycles. The first-order valence-electron chi connectivity index (χ1n) is 14.4. The Bertz CT molecular complexity index is 1670. The van der Waals surface area contributed by atoms with Crippen molar-refractivity contribution in [2.45, 2.75) is 0 Å². The van der Waals surface area contributed by atoms with Crippen molar-refractivity contribution >= 4 is 97.1 Å². The third-order valence-corrected chi connectivity index (χ3v) is 12.5. The first-order valence-corrected chi connectivity index (χ1v) is 28.2. The molecule has 0 amide bonds. The van der Waals surface area contributed by atoms with Crippen molar-refractivity contribution in [1.82, 2.24) is 0 Å². The van der Waals surface area contributed by atoms with Crippen LogP contribution in [0.4, 0.5) is 0 Å². The zero-order valence-corrected chi connectivity index (χ0v) is 34.6. The van der Waals surface area contributed by atoms with Gasteiger partial charge >= 0.3 is 43.1 Å². The Morgan fingerprint density at radius 3 is 1.15 bits per heavy atom. The largest absolute Gasteiger partial charge is 0 e. The van der Waals surface area contributed by atoms with Crippen molar-refractivity contribution in [1.29, 1.82) is 0 Å². The molecule has 6 aromatic rings. The summed E-state index contributed by atoms with van der Waals surface area (Å²) in [4.78, 5) is 11.3. The van der Waals surface area contributed by atoms with Crippen LogP contribution in [0.25, 0.3) is 0 Å². The standard InChI is InChI=1S/C19H16OP.C19H14OP.3ClH.Ir.Sn/c2*20-15-16-9-7-8-14-19(16)21(17-10-3-1-4-11-17)18-12-5-2-6-13-18;;;;;/h1-15,20H;1-14H;3*1H;;/q2*-1;;;;;+3/p-1. The van der Waals surface area contributed by atoms with E-state index in [2.05, 4.69) is 115 Å². The van der Waals surface area contributed by atoms with Crippen molar-refractivity contribution in [3.05, 3.63) is 188 Å². The average molecular weight is 1000 g/mol. The topological polar surface area (TPSA) is 37.3 Å². The van der Waals surface area contributed by atoms with Gasteiger partial charge in [0, 0.05) is 30.7 Å². The first kappa shape index (κ1) is 39.4. The van der Waals surface area contributed by atoms with Crippen LogP contribution in [0.3, 0.4) is 0 Å². The van der Waals surface area contributed by atoms with Crippen LogP contribution in [0.15, 0.2) is 170 Å². The Labute approximate surface area is 311 Å². The van der Waals surface area contributed by atoms with Crippen LogP contribution >= 0.6 is 42.6 Å². The number of carbonyl (C=O) groups excluding carboxylic acids is 1. The predicted octanol–water partition coefficient (Wildman–Crippen LogP) is 7.38. The molecule has 0 unspecified atom stereocenters. The molecule has 2 radical (unpaired) electrons. The molecule has 9 heteroatoms. The quantitative estimate of drug-likeness (QED) is 0.0984. The molecule has 0 aliphatic rings. The van der Waals surface area contributed by atoms with Gasteiger partial charge in [-0.25, -0.2) is 0 Å². The second-order valence-corrected chi connectivity index (χ2v) is 27.4. The van der Waals surface area contributed by atoms with Crippen molar-refractivity contribution in [2.24, 2.45) is 0 Å². The number of rotatable bonds is 8. The Kier molecular flexibility index (Phi) is 18.3. The number of halogens is 3. The summed E-state index contributed by atoms with van der Waals surface area (Å²) in [5.74, 6) is 0. The average Bonchev–Trinajstić information content (AvgIpc) is 3.11. The molecular formula is C38H32Cl3IrO2P2Sn. The molecule has 0 spiro atoms. The third-order valence-electron chi connectivity index (χ3n) is 6.93. The zero-order chi connectivity index (χ0) is 32.6. The minimum absolute atomic E-state index is 0. The summed E-state index contributed by atoms with van der Waals surface area (Å²) >= 11 is -2.13. The number of aliphatic hydroxyl groups is 1. The molecule has 6 rings (SSSR count). The summed E-state index contributed by atoms with van der Waals surface area (Å²) < 4.78 is 0. The van der Waals surface area contributed by atoms with Crippen molar-refractivity contribution in [3.8, 4) is 0 Å². The second-order valence-electron chi connectivity index (χ2n) is 9.79. The summed E-state index contributed by atoms with van der Waals surface area (Å²) in [7, 11) is 12.7. The fraction of sp³-hybridized carbons (Fsp3) is 0. The molecule has 47 heavy (non-hydrogen) atoms. The van der Waals surface area contributed by atoms with Crippen LogP contribution < -0.4 is 31.8 Å². The van der Waals surface area contributed by atoms with Gasteiger partial charge in [0.05, 0.1) is 43.3 Å². The van der Waals surface area contributed by atoms with E-state index in [1.54, 1.807) is 0 Å². The van der Waals surface area contributed by atoms with E-state index in [4.69, 9.17) is 26.8 Å². The van der Waals surface area contributed by atoms with Gasteiger partial charge < -0.3 is 9.90 Å². The fourth-order valence-corrected chi connectivity index (χ4v) is 10.4. The maximum absolute atomic E-state index is 11.3. The smallest absolute Gasteiger partial charge is 0 e. The summed E-state index contributed by atoms with van der Waals surface area (Å²) in [5, 5.41) is 17.0. The minimum Gasteiger partial charge on any atom is 0 e. The van der Waals surface area contributed by atoms with Gasteiger partial charge in [-0.2, -0.15) is 12.1 Å². The molecule has 0 saturated carbocycles. The van der Waals surface area contributed by atoms with Crippen LogP contribution in [-0.2, 0) is 24.9 Å². The third kappa shape index (κ3) is 12.1. The Balaban J connectivity index is 0.000000225. The second kappa shape index (κ2) is 21.9. The van der Waals surface area contributed by atoms with Gasteiger partial charge in [-0.15, -0.1) is 23.3 Å². The zero-order valence-electron chi connectivity index (χ0n) is 25.1. The predicted molar refractivity (Wildman–Crippen MR) is 207 cm³/mol. The van der Waals surface area contributed by atoms with Crippen molar-refractivity contribution < 1.29 is 30.0 Å². The van der Waals surface area contributed by atoms with Gasteiger partial charge in [-0.3, -0.25) is 0 Å². The van der Waals surface area contributed by atoms with E-state index < -0.39 is 32.2 Å². The Morgan fingerprint density at radius 2 is 0.787 bits per heavy atom. The normalized spacial score (nSPS) is 10.2. The number of benzene rings is 6. The van der Waals surface area contributed by atoms with Gasteiger partial charge in [0.15, 0.2) is 0 Å². The van der Waals surface area contributed by atoms with Crippen LogP contribution in [0.1, 0.15) is 11.1 Å². The van der Waals surface area contributed by atoms with Gasteiger partial charge in [0.1, 0.15) is 0 Å². The maximum Gasteiger partial charge on any atom is 0 e. The van der Waals surface area contributed by atoms with E-state index in [9.17, 15) is 9.90 Å². The Morgan fingerprint density at radius 1 is 0.489 bits per heavy atom. The fourth-order valence-electron chi connectivity index (χ4n) is 5.00. The summed E-state index contributed by atoms with van der Waals surface area (Å²) in [6, 6.07) is 57.8. The molecule has 6 aromatic carbocycles. The van der Waals surface area contributed by atoms with Crippen LogP contribution in [0.2, 0.25) is 0 Å². The molecule has 0 atom stereocenters. The van der Waals surface area contributed by atoms with E-state index in [1.165, 1.54) is 33.1 Å². The van der Waals surface area contributed by atoms with E-state index >= 15 is 0 Å². The summed E-state index contributed by atoms with van der Waals surface area (Å²) in [6.45, 7) is 1.21. The molecule has 0 fully saturated rings. The van der Waals surface area contributed by atoms with E-state index in [0.717, 1.165) is 10.9 Å². The molecular weight excluding hydrogens is 968 g/mol. The number of hydrogen-bond acceptors (Lipinski definition) is 2. The molecule has 1 N–H and O–H groups in total. The molecule has 0 bridgehead atoms. The van der Waals surface area contributed by atoms with Crippen molar-refractivity contribution in [2.75, 3.05) is 0 Å². The van der Waals surface area contributed by atoms with Gasteiger partial charge in [-0.05, 0) is 48.5 Å². The minimum atomic E-state index is -2.13. The van der Waals surface area contributed by atoms with Gasteiger partial charge in [0.25, 0.3) is 0 Å².